The van der Waals surface area contributed by atoms with Crippen LogP contribution in [0.1, 0.15) is 24.2 Å². The second-order valence-corrected chi connectivity index (χ2v) is 7.43. The molecule has 2 aromatic rings. The molecule has 1 fully saturated rings. The van der Waals surface area contributed by atoms with Gasteiger partial charge in [-0.05, 0) is 49.9 Å². The molecule has 28 heavy (non-hydrogen) atoms. The maximum absolute atomic E-state index is 12.5. The van der Waals surface area contributed by atoms with E-state index in [2.05, 4.69) is 22.0 Å². The van der Waals surface area contributed by atoms with Crippen molar-refractivity contribution < 1.29 is 9.53 Å². The fourth-order valence-corrected chi connectivity index (χ4v) is 3.80. The highest BCUT2D eigenvalue weighted by Crippen LogP contribution is 2.30. The molecular formula is C21H25Cl2N3O2. The standard InChI is InChI=1S/C21H25Cl2N3O2/c1-3-25-9-11-26(12-10-25)19-7-6-16(14-17(19)22)24-21(27)15-5-8-20(28-4-2)18(23)13-15/h5-8,13-14H,3-4,9-12H2,1-2H3,(H,24,27). The van der Waals surface area contributed by atoms with Crippen molar-refractivity contribution in [3.8, 4) is 5.75 Å². The van der Waals surface area contributed by atoms with Crippen LogP contribution in [0.2, 0.25) is 10.0 Å². The predicted octanol–water partition coefficient (Wildman–Crippen LogP) is 4.79. The Kier molecular flexibility index (Phi) is 7.05. The van der Waals surface area contributed by atoms with E-state index >= 15 is 0 Å². The third-order valence-electron chi connectivity index (χ3n) is 4.86. The second kappa shape index (κ2) is 9.50. The van der Waals surface area contributed by atoms with Gasteiger partial charge in [-0.25, -0.2) is 0 Å². The number of amides is 1. The minimum atomic E-state index is -0.245. The molecule has 0 bridgehead atoms. The van der Waals surface area contributed by atoms with E-state index in [9.17, 15) is 4.79 Å². The molecule has 0 spiro atoms. The van der Waals surface area contributed by atoms with Gasteiger partial charge in [0.05, 0.1) is 22.3 Å². The van der Waals surface area contributed by atoms with Gasteiger partial charge in [0.1, 0.15) is 5.75 Å². The van der Waals surface area contributed by atoms with Gasteiger partial charge in [0.15, 0.2) is 0 Å². The van der Waals surface area contributed by atoms with Crippen molar-refractivity contribution in [1.29, 1.82) is 0 Å². The summed E-state index contributed by atoms with van der Waals surface area (Å²) >= 11 is 12.7. The first kappa shape index (κ1) is 20.8. The number of hydrogen-bond donors (Lipinski definition) is 1. The van der Waals surface area contributed by atoms with Crippen LogP contribution in [0.15, 0.2) is 36.4 Å². The summed E-state index contributed by atoms with van der Waals surface area (Å²) in [6, 6.07) is 10.6. The molecule has 5 nitrogen and oxygen atoms in total. The number of carbonyl (C=O) groups is 1. The Morgan fingerprint density at radius 2 is 1.79 bits per heavy atom. The predicted molar refractivity (Wildman–Crippen MR) is 116 cm³/mol. The van der Waals surface area contributed by atoms with Gasteiger partial charge in [-0.2, -0.15) is 0 Å². The summed E-state index contributed by atoms with van der Waals surface area (Å²) < 4.78 is 5.40. The van der Waals surface area contributed by atoms with E-state index in [1.807, 2.05) is 19.1 Å². The number of anilines is 2. The first-order valence-corrected chi connectivity index (χ1v) is 10.3. The van der Waals surface area contributed by atoms with Gasteiger partial charge in [0.2, 0.25) is 0 Å². The fourth-order valence-electron chi connectivity index (χ4n) is 3.26. The molecule has 0 radical (unpaired) electrons. The van der Waals surface area contributed by atoms with E-state index in [0.717, 1.165) is 38.4 Å². The largest absolute Gasteiger partial charge is 0.492 e. The fraction of sp³-hybridized carbons (Fsp3) is 0.381. The van der Waals surface area contributed by atoms with E-state index < -0.39 is 0 Å². The Bertz CT molecular complexity index is 836. The normalized spacial score (nSPS) is 14.8. The topological polar surface area (TPSA) is 44.8 Å². The lowest BCUT2D eigenvalue weighted by Gasteiger charge is -2.36. The smallest absolute Gasteiger partial charge is 0.255 e. The van der Waals surface area contributed by atoms with Gasteiger partial charge in [0.25, 0.3) is 5.91 Å². The molecule has 1 heterocycles. The maximum Gasteiger partial charge on any atom is 0.255 e. The van der Waals surface area contributed by atoms with Crippen LogP contribution >= 0.6 is 23.2 Å². The first-order chi connectivity index (χ1) is 13.5. The minimum Gasteiger partial charge on any atom is -0.492 e. The number of halogens is 2. The zero-order chi connectivity index (χ0) is 20.1. The molecule has 1 saturated heterocycles. The van der Waals surface area contributed by atoms with Crippen molar-refractivity contribution in [3.05, 3.63) is 52.0 Å². The molecule has 2 aromatic carbocycles. The molecule has 0 aliphatic carbocycles. The molecule has 0 saturated carbocycles. The highest BCUT2D eigenvalue weighted by Gasteiger charge is 2.18. The Hall–Kier alpha value is -1.95. The summed E-state index contributed by atoms with van der Waals surface area (Å²) in [4.78, 5) is 17.2. The zero-order valence-corrected chi connectivity index (χ0v) is 17.7. The van der Waals surface area contributed by atoms with Crippen molar-refractivity contribution in [2.24, 2.45) is 0 Å². The average molecular weight is 422 g/mol. The summed E-state index contributed by atoms with van der Waals surface area (Å²) in [6.45, 7) is 9.61. The Morgan fingerprint density at radius 1 is 1.04 bits per heavy atom. The van der Waals surface area contributed by atoms with Gasteiger partial charge in [-0.1, -0.05) is 30.1 Å². The molecule has 150 valence electrons. The first-order valence-electron chi connectivity index (χ1n) is 9.52. The molecule has 1 amide bonds. The summed E-state index contributed by atoms with van der Waals surface area (Å²) in [5.41, 5.74) is 2.11. The van der Waals surface area contributed by atoms with Crippen LogP contribution in [0.4, 0.5) is 11.4 Å². The van der Waals surface area contributed by atoms with Gasteiger partial charge >= 0.3 is 0 Å². The van der Waals surface area contributed by atoms with E-state index in [0.29, 0.717) is 33.7 Å². The summed E-state index contributed by atoms with van der Waals surface area (Å²) in [6.07, 6.45) is 0. The lowest BCUT2D eigenvalue weighted by molar-refractivity contribution is 0.102. The van der Waals surface area contributed by atoms with Gasteiger partial charge < -0.3 is 19.9 Å². The molecule has 0 unspecified atom stereocenters. The number of ether oxygens (including phenoxy) is 1. The lowest BCUT2D eigenvalue weighted by Crippen LogP contribution is -2.46. The third-order valence-corrected chi connectivity index (χ3v) is 5.46. The van der Waals surface area contributed by atoms with Crippen molar-refractivity contribution in [2.75, 3.05) is 49.5 Å². The van der Waals surface area contributed by atoms with Gasteiger partial charge in [-0.3, -0.25) is 4.79 Å². The van der Waals surface area contributed by atoms with Crippen molar-refractivity contribution >= 4 is 40.5 Å². The van der Waals surface area contributed by atoms with Crippen LogP contribution in [0, 0.1) is 0 Å². The van der Waals surface area contributed by atoms with E-state index in [-0.39, 0.29) is 5.91 Å². The van der Waals surface area contributed by atoms with E-state index in [4.69, 9.17) is 27.9 Å². The van der Waals surface area contributed by atoms with Crippen LogP contribution in [-0.2, 0) is 0 Å². The monoisotopic (exact) mass is 421 g/mol. The Labute approximate surface area is 176 Å². The van der Waals surface area contributed by atoms with Crippen LogP contribution in [-0.4, -0.2) is 50.1 Å². The van der Waals surface area contributed by atoms with E-state index in [1.165, 1.54) is 0 Å². The summed E-state index contributed by atoms with van der Waals surface area (Å²) in [5, 5.41) is 3.92. The number of piperazine rings is 1. The summed E-state index contributed by atoms with van der Waals surface area (Å²) in [5.74, 6) is 0.321. The summed E-state index contributed by atoms with van der Waals surface area (Å²) in [7, 11) is 0. The van der Waals surface area contributed by atoms with Crippen molar-refractivity contribution in [1.82, 2.24) is 4.90 Å². The quantitative estimate of drug-likeness (QED) is 0.728. The number of nitrogens with one attached hydrogen (secondary N) is 1. The Balaban J connectivity index is 1.67. The Morgan fingerprint density at radius 3 is 2.39 bits per heavy atom. The molecule has 3 rings (SSSR count). The van der Waals surface area contributed by atoms with Gasteiger partial charge in [-0.15, -0.1) is 0 Å². The molecule has 1 N–H and O–H groups in total. The van der Waals surface area contributed by atoms with Crippen LogP contribution < -0.4 is 15.0 Å². The number of nitrogens with zero attached hydrogens (tertiary/aromatic N) is 2. The second-order valence-electron chi connectivity index (χ2n) is 6.62. The molecule has 0 aromatic heterocycles. The molecule has 0 atom stereocenters. The van der Waals surface area contributed by atoms with Crippen LogP contribution in [0.3, 0.4) is 0 Å². The molecular weight excluding hydrogens is 397 g/mol. The number of likely N-dealkylation sites (N-methyl/N-ethyl adjacent to an activating group) is 1. The number of benzene rings is 2. The van der Waals surface area contributed by atoms with Gasteiger partial charge in [0, 0.05) is 37.4 Å². The van der Waals surface area contributed by atoms with E-state index in [1.54, 1.807) is 24.3 Å². The SMILES string of the molecule is CCOc1ccc(C(=O)Nc2ccc(N3CCN(CC)CC3)c(Cl)c2)cc1Cl. The molecule has 1 aliphatic rings. The zero-order valence-electron chi connectivity index (χ0n) is 16.2. The van der Waals surface area contributed by atoms with Crippen molar-refractivity contribution in [3.63, 3.8) is 0 Å². The van der Waals surface area contributed by atoms with Crippen LogP contribution in [0.5, 0.6) is 5.75 Å². The number of rotatable bonds is 6. The third kappa shape index (κ3) is 4.90. The lowest BCUT2D eigenvalue weighted by atomic mass is 10.2. The molecule has 7 heteroatoms. The number of carbonyl (C=O) groups excluding carboxylic acids is 1. The number of hydrogen-bond acceptors (Lipinski definition) is 4. The maximum atomic E-state index is 12.5. The minimum absolute atomic E-state index is 0.245. The van der Waals surface area contributed by atoms with Crippen molar-refractivity contribution in [2.45, 2.75) is 13.8 Å². The van der Waals surface area contributed by atoms with Crippen LogP contribution in [0.25, 0.3) is 0 Å². The highest BCUT2D eigenvalue weighted by atomic mass is 35.5. The molecule has 1 aliphatic heterocycles. The highest BCUT2D eigenvalue weighted by molar-refractivity contribution is 6.34. The average Bonchev–Trinajstić information content (AvgIpc) is 2.70.